The maximum Gasteiger partial charge on any atom is 0.335 e. The van der Waals surface area contributed by atoms with Crippen molar-refractivity contribution in [1.82, 2.24) is 53.2 Å². The van der Waals surface area contributed by atoms with Crippen LogP contribution in [0.3, 0.4) is 0 Å². The number of aliphatic hydroxyl groups excluding tert-OH is 1. The van der Waals surface area contributed by atoms with Gasteiger partial charge in [-0.05, 0) is 126 Å². The van der Waals surface area contributed by atoms with Gasteiger partial charge in [-0.2, -0.15) is 0 Å². The van der Waals surface area contributed by atoms with Crippen molar-refractivity contribution in [3.63, 3.8) is 0 Å². The number of carboxylic acid groups (broad SMARTS) is 4. The summed E-state index contributed by atoms with van der Waals surface area (Å²) >= 11 is 0. The Morgan fingerprint density at radius 1 is 0.283 bits per heavy atom. The summed E-state index contributed by atoms with van der Waals surface area (Å²) in [7, 11) is 0. The first kappa shape index (κ1) is 114. The average molecular weight is 1810 g/mol. The number of unbranched alkanes of at least 4 members (excludes halogenated alkanes) is 18. The van der Waals surface area contributed by atoms with Crippen LogP contribution in [0.1, 0.15) is 213 Å². The van der Waals surface area contributed by atoms with Gasteiger partial charge in [-0.3, -0.25) is 53.3 Å². The van der Waals surface area contributed by atoms with Gasteiger partial charge in [-0.1, -0.05) is 89.9 Å². The molecule has 0 bridgehead atoms. The standard InChI is InChI=1S/C87H143N11O29/c88-65-96-70(23-17-19-39-89-80(106)61-122-55-53-120-49-43-93-82(108)63-124-57-51-118-47-41-91-76(102)37-35-72(86(114)115)97-78(104)25-15-11-7-3-1-5-9-13-21-45-126-68-31-27-66(28-32-68)84(110)111)74(100)59-95-71(75(101)60-99)24-18-20-40-90-81(107)62-123-56-54-121-50-44-94-83(109)64-125-58-52-119-48-42-92-77(103)38-36-73(87(116)117)98-79(105)26-16-12-8-4-2-6-10-14-22-46-127-69-33-29-67(30-34-69)85(112)113/h27-34,70-73,95-96,99H,1-26,35-65,88H2,(H,89,106)(H,90,107)(H,91,102)(H,92,103)(H,93,108)(H,94,109)(H,97,104)(H,98,105)(H,110,111)(H,112,113)(H,114,115)(H,116,117)/t70-,71-,72-,73-/m0/s1. The first-order chi connectivity index (χ1) is 61.5. The molecule has 0 unspecified atom stereocenters. The number of carboxylic acids is 4. The van der Waals surface area contributed by atoms with Crippen LogP contribution >= 0.6 is 0 Å². The van der Waals surface area contributed by atoms with Crippen LogP contribution in [0.15, 0.2) is 48.5 Å². The van der Waals surface area contributed by atoms with Crippen LogP contribution in [-0.4, -0.2) is 310 Å². The van der Waals surface area contributed by atoms with Gasteiger partial charge in [-0.25, -0.2) is 19.2 Å². The Labute approximate surface area is 744 Å². The van der Waals surface area contributed by atoms with Crippen molar-refractivity contribution in [1.29, 1.82) is 0 Å². The van der Waals surface area contributed by atoms with E-state index in [4.69, 9.17) is 63.3 Å². The van der Waals surface area contributed by atoms with Gasteiger partial charge in [0.2, 0.25) is 47.3 Å². The molecule has 8 amide bonds. The zero-order valence-electron chi connectivity index (χ0n) is 73.8. The smallest absolute Gasteiger partial charge is 0.335 e. The lowest BCUT2D eigenvalue weighted by atomic mass is 10.0. The molecule has 0 aliphatic rings. The minimum atomic E-state index is -1.22. The third kappa shape index (κ3) is 65.7. The van der Waals surface area contributed by atoms with Crippen molar-refractivity contribution in [2.75, 3.05) is 178 Å². The molecule has 0 aliphatic heterocycles. The van der Waals surface area contributed by atoms with Gasteiger partial charge in [0, 0.05) is 71.6 Å². The molecule has 0 saturated carbocycles. The highest BCUT2D eigenvalue weighted by Gasteiger charge is 2.25. The number of ether oxygens (including phenoxy) is 10. The zero-order valence-corrected chi connectivity index (χ0v) is 73.8. The zero-order chi connectivity index (χ0) is 92.8. The molecular weight excluding hydrogens is 1660 g/mol. The van der Waals surface area contributed by atoms with Crippen molar-refractivity contribution in [3.05, 3.63) is 59.7 Å². The van der Waals surface area contributed by atoms with Gasteiger partial charge in [0.25, 0.3) is 0 Å². The number of Topliss-reactive ketones (excluding diaryl/α,β-unsaturated/α-hetero) is 2. The van der Waals surface area contributed by atoms with Crippen molar-refractivity contribution in [2.45, 2.75) is 217 Å². The molecule has 2 rings (SSSR count). The summed E-state index contributed by atoms with van der Waals surface area (Å²) in [5.74, 6) is -6.84. The molecule has 2 aromatic carbocycles. The molecule has 0 spiro atoms. The molecule has 0 aliphatic carbocycles. The summed E-state index contributed by atoms with van der Waals surface area (Å²) in [6.45, 7) is 2.46. The van der Waals surface area contributed by atoms with Crippen molar-refractivity contribution in [3.8, 4) is 11.5 Å². The number of nitrogens with two attached hydrogens (primary N) is 1. The number of aliphatic hydroxyl groups is 1. The Morgan fingerprint density at radius 3 is 0.898 bits per heavy atom. The summed E-state index contributed by atoms with van der Waals surface area (Å²) in [4.78, 5) is 170. The number of nitrogens with one attached hydrogen (secondary N) is 10. The van der Waals surface area contributed by atoms with Gasteiger partial charge >= 0.3 is 23.9 Å². The molecule has 0 radical (unpaired) electrons. The second kappa shape index (κ2) is 77.7. The maximum absolute atomic E-state index is 13.2. The summed E-state index contributed by atoms with van der Waals surface area (Å²) < 4.78 is 54.5. The fourth-order valence-corrected chi connectivity index (χ4v) is 12.3. The molecular formula is C87H143N11O29. The highest BCUT2D eigenvalue weighted by Crippen LogP contribution is 2.18. The molecule has 127 heavy (non-hydrogen) atoms. The lowest BCUT2D eigenvalue weighted by Gasteiger charge is -2.20. The molecule has 720 valence electrons. The normalized spacial score (nSPS) is 12.0. The number of benzene rings is 2. The number of hydrogen-bond donors (Lipinski definition) is 16. The molecule has 4 atom stereocenters. The molecule has 0 aromatic heterocycles. The molecule has 40 heteroatoms. The van der Waals surface area contributed by atoms with Gasteiger partial charge in [0.1, 0.15) is 56.6 Å². The van der Waals surface area contributed by atoms with Gasteiger partial charge in [0.05, 0.1) is 122 Å². The van der Waals surface area contributed by atoms with E-state index in [0.717, 1.165) is 103 Å². The number of aromatic carboxylic acids is 2. The van der Waals surface area contributed by atoms with Crippen molar-refractivity contribution < 1.29 is 140 Å². The lowest BCUT2D eigenvalue weighted by Crippen LogP contribution is -2.47. The van der Waals surface area contributed by atoms with Crippen LogP contribution < -0.4 is 68.4 Å². The highest BCUT2D eigenvalue weighted by atomic mass is 16.5. The van der Waals surface area contributed by atoms with Crippen LogP contribution in [0.4, 0.5) is 0 Å². The first-order valence-corrected chi connectivity index (χ1v) is 44.5. The van der Waals surface area contributed by atoms with Crippen LogP contribution in [-0.2, 0) is 95.4 Å². The highest BCUT2D eigenvalue weighted by molar-refractivity contribution is 5.90. The van der Waals surface area contributed by atoms with E-state index < -0.39 is 72.2 Å². The number of aliphatic carboxylic acids is 2. The second-order valence-electron chi connectivity index (χ2n) is 30.0. The SMILES string of the molecule is NCN[C@@H](CCCCNC(=O)COCCOCCNC(=O)COCCOCCNC(=O)CC[C@H](NC(=O)CCCCCCCCCCCOc1ccc(C(=O)O)cc1)C(=O)O)C(=O)CN[C@@H](CCCCNC(=O)COCCOCCNC(=O)COCCOCCNC(=O)CC[C@H](NC(=O)CCCCCCCCCCCOc1ccc(C(=O)O)cc1)C(=O)O)C(=O)CO. The van der Waals surface area contributed by atoms with Gasteiger partial charge in [-0.15, -0.1) is 0 Å². The Bertz CT molecular complexity index is 3380. The topological polar surface area (TPSA) is 579 Å². The Kier molecular flexibility index (Phi) is 69.5. The van der Waals surface area contributed by atoms with Gasteiger partial charge < -0.3 is 126 Å². The average Bonchev–Trinajstić information content (AvgIpc) is 0.986. The molecule has 40 nitrogen and oxygen atoms in total. The quantitative estimate of drug-likeness (QED) is 0.0334. The van der Waals surface area contributed by atoms with E-state index in [-0.39, 0.29) is 243 Å². The van der Waals surface area contributed by atoms with Crippen LogP contribution in [0.2, 0.25) is 0 Å². The monoisotopic (exact) mass is 1810 g/mol. The van der Waals surface area contributed by atoms with Crippen LogP contribution in [0.5, 0.6) is 11.5 Å². The van der Waals surface area contributed by atoms with Crippen molar-refractivity contribution >= 4 is 82.7 Å². The minimum Gasteiger partial charge on any atom is -0.494 e. The summed E-state index contributed by atoms with van der Waals surface area (Å²) in [6, 6.07) is 8.84. The number of rotatable bonds is 88. The van der Waals surface area contributed by atoms with E-state index >= 15 is 0 Å². The number of hydrogen-bond acceptors (Lipinski definition) is 28. The maximum atomic E-state index is 13.2. The minimum absolute atomic E-state index is 0.0200. The molecule has 0 saturated heterocycles. The van der Waals surface area contributed by atoms with E-state index in [0.29, 0.717) is 82.6 Å². The van der Waals surface area contributed by atoms with Crippen molar-refractivity contribution in [2.24, 2.45) is 5.73 Å². The first-order valence-electron chi connectivity index (χ1n) is 44.5. The van der Waals surface area contributed by atoms with E-state index in [2.05, 4.69) is 53.2 Å². The Hall–Kier alpha value is -9.46. The Balaban J connectivity index is 1.36. The number of carbonyl (C=O) groups excluding carboxylic acids is 10. The van der Waals surface area contributed by atoms with E-state index in [1.807, 2.05) is 0 Å². The fraction of sp³-hybridized carbons (Fsp3) is 0.701. The summed E-state index contributed by atoms with van der Waals surface area (Å²) in [5.41, 5.74) is 6.15. The predicted octanol–water partition coefficient (Wildman–Crippen LogP) is 3.18. The number of carbonyl (C=O) groups is 14. The van der Waals surface area contributed by atoms with E-state index in [1.165, 1.54) is 24.3 Å². The predicted molar refractivity (Wildman–Crippen MR) is 465 cm³/mol. The molecule has 0 heterocycles. The summed E-state index contributed by atoms with van der Waals surface area (Å²) in [6.07, 6.45) is 20.1. The Morgan fingerprint density at radius 2 is 0.583 bits per heavy atom. The third-order valence-corrected chi connectivity index (χ3v) is 19.4. The largest absolute Gasteiger partial charge is 0.494 e. The molecule has 17 N–H and O–H groups in total. The van der Waals surface area contributed by atoms with Gasteiger partial charge in [0.15, 0.2) is 11.6 Å². The van der Waals surface area contributed by atoms with Crippen LogP contribution in [0.25, 0.3) is 0 Å². The number of amides is 8. The van der Waals surface area contributed by atoms with Crippen LogP contribution in [0, 0.1) is 0 Å². The number of ketones is 2. The fourth-order valence-electron chi connectivity index (χ4n) is 12.3. The second-order valence-corrected chi connectivity index (χ2v) is 30.0. The lowest BCUT2D eigenvalue weighted by molar-refractivity contribution is -0.142. The summed E-state index contributed by atoms with van der Waals surface area (Å²) in [5, 5.41) is 73.8. The van der Waals surface area contributed by atoms with E-state index in [1.54, 1.807) is 24.3 Å². The van der Waals surface area contributed by atoms with E-state index in [9.17, 15) is 82.4 Å². The third-order valence-electron chi connectivity index (χ3n) is 19.4. The molecule has 0 fully saturated rings. The molecule has 2 aromatic rings.